The summed E-state index contributed by atoms with van der Waals surface area (Å²) >= 11 is 0. The Kier molecular flexibility index (Phi) is 5.18. The van der Waals surface area contributed by atoms with Crippen molar-refractivity contribution in [1.82, 2.24) is 9.55 Å². The smallest absolute Gasteiger partial charge is 0.339 e. The van der Waals surface area contributed by atoms with Crippen molar-refractivity contribution in [2.45, 2.75) is 57.8 Å². The van der Waals surface area contributed by atoms with Gasteiger partial charge in [0, 0.05) is 42.2 Å². The number of alkyl halides is 3. The van der Waals surface area contributed by atoms with Crippen LogP contribution in [-0.4, -0.2) is 36.2 Å². The largest absolute Gasteiger partial charge is 0.406 e. The van der Waals surface area contributed by atoms with Crippen LogP contribution in [0.3, 0.4) is 0 Å². The third-order valence-corrected chi connectivity index (χ3v) is 6.30. The molecule has 0 atom stereocenters. The molecule has 2 aromatic rings. The van der Waals surface area contributed by atoms with Gasteiger partial charge in [0.15, 0.2) is 20.6 Å². The van der Waals surface area contributed by atoms with Crippen molar-refractivity contribution in [3.63, 3.8) is 0 Å². The lowest BCUT2D eigenvalue weighted by Crippen LogP contribution is -2.30. The molecule has 1 aliphatic carbocycles. The molecule has 2 aromatic heterocycles. The summed E-state index contributed by atoms with van der Waals surface area (Å²) in [4.78, 5) is 16.8. The Hall–Kier alpha value is -2.16. The molecule has 2 heterocycles. The van der Waals surface area contributed by atoms with Gasteiger partial charge in [-0.3, -0.25) is 4.79 Å². The van der Waals surface area contributed by atoms with E-state index in [0.717, 1.165) is 6.26 Å². The average Bonchev–Trinajstić information content (AvgIpc) is 2.77. The van der Waals surface area contributed by atoms with Gasteiger partial charge in [0.1, 0.15) is 6.54 Å². The number of nitrogens with zero attached hydrogens (tertiary/aromatic N) is 2. The molecule has 0 amide bonds. The van der Waals surface area contributed by atoms with Crippen molar-refractivity contribution in [3.05, 3.63) is 46.4 Å². The number of ketones is 1. The Bertz CT molecular complexity index is 1080. The summed E-state index contributed by atoms with van der Waals surface area (Å²) in [5.74, 6) is -0.208. The lowest BCUT2D eigenvalue weighted by molar-refractivity contribution is -0.141. The predicted molar refractivity (Wildman–Crippen MR) is 102 cm³/mol. The molecule has 0 spiro atoms. The summed E-state index contributed by atoms with van der Waals surface area (Å²) in [6.07, 6.45) is -1.45. The molecule has 5 nitrogen and oxygen atoms in total. The van der Waals surface area contributed by atoms with Crippen LogP contribution in [0.4, 0.5) is 13.2 Å². The molecular formula is C20H23F3N2O3S. The molecule has 1 aliphatic rings. The lowest BCUT2D eigenvalue weighted by atomic mass is 9.75. The molecule has 0 aliphatic heterocycles. The van der Waals surface area contributed by atoms with Crippen LogP contribution in [0.15, 0.2) is 23.4 Å². The number of halogens is 3. The minimum Gasteiger partial charge on any atom is -0.339 e. The summed E-state index contributed by atoms with van der Waals surface area (Å²) < 4.78 is 65.0. The molecule has 0 bridgehead atoms. The minimum absolute atomic E-state index is 0.0292. The Labute approximate surface area is 167 Å². The van der Waals surface area contributed by atoms with Gasteiger partial charge in [-0.05, 0) is 36.0 Å². The standard InChI is InChI=1S/C20H23F3N2O3S/c1-12-14(8-13-6-5-7-24-18(13)29(4,27)28)17-15(25(12)11-20(21,22)23)9-19(2,3)10-16(17)26/h5-7H,8-11H2,1-4H3. The summed E-state index contributed by atoms with van der Waals surface area (Å²) in [6.45, 7) is 4.08. The highest BCUT2D eigenvalue weighted by Gasteiger charge is 2.39. The zero-order valence-corrected chi connectivity index (χ0v) is 17.5. The molecule has 0 fully saturated rings. The molecule has 0 saturated heterocycles. The minimum atomic E-state index is -4.44. The number of sulfone groups is 1. The van der Waals surface area contributed by atoms with Crippen LogP contribution in [0.2, 0.25) is 0 Å². The number of Topliss-reactive ketones (excluding diaryl/α,β-unsaturated/α-hetero) is 1. The molecule has 0 N–H and O–H groups in total. The van der Waals surface area contributed by atoms with E-state index >= 15 is 0 Å². The summed E-state index contributed by atoms with van der Waals surface area (Å²) in [5, 5.41) is -0.125. The van der Waals surface area contributed by atoms with E-state index in [1.54, 1.807) is 19.1 Å². The van der Waals surface area contributed by atoms with Crippen LogP contribution >= 0.6 is 0 Å². The van der Waals surface area contributed by atoms with Crippen LogP contribution in [0.1, 0.15) is 53.1 Å². The Balaban J connectivity index is 2.21. The maximum atomic E-state index is 13.2. The van der Waals surface area contributed by atoms with Gasteiger partial charge < -0.3 is 4.57 Å². The van der Waals surface area contributed by atoms with Crippen LogP contribution in [0.25, 0.3) is 0 Å². The van der Waals surface area contributed by atoms with E-state index in [1.807, 2.05) is 13.8 Å². The van der Waals surface area contributed by atoms with E-state index < -0.39 is 28.0 Å². The van der Waals surface area contributed by atoms with E-state index in [1.165, 1.54) is 10.8 Å². The number of hydrogen-bond acceptors (Lipinski definition) is 4. The van der Waals surface area contributed by atoms with Gasteiger partial charge in [-0.25, -0.2) is 13.4 Å². The van der Waals surface area contributed by atoms with Gasteiger partial charge in [0.2, 0.25) is 0 Å². The van der Waals surface area contributed by atoms with Crippen LogP contribution in [0.5, 0.6) is 0 Å². The van der Waals surface area contributed by atoms with Gasteiger partial charge in [0.05, 0.1) is 0 Å². The third-order valence-electron chi connectivity index (χ3n) is 5.23. The maximum Gasteiger partial charge on any atom is 0.406 e. The SMILES string of the molecule is Cc1c(Cc2cccnc2S(C)(=O)=O)c2c(n1CC(F)(F)F)CC(C)(C)CC2=O. The second-order valence-corrected chi connectivity index (χ2v) is 10.4. The van der Waals surface area contributed by atoms with Gasteiger partial charge in [-0.15, -0.1) is 0 Å². The molecule has 0 unspecified atom stereocenters. The number of aromatic nitrogens is 2. The predicted octanol–water partition coefficient (Wildman–Crippen LogP) is 3.90. The molecule has 0 saturated carbocycles. The molecule has 158 valence electrons. The number of pyridine rings is 1. The first-order chi connectivity index (χ1) is 13.2. The van der Waals surface area contributed by atoms with Crippen LogP contribution < -0.4 is 0 Å². The fourth-order valence-electron chi connectivity index (χ4n) is 4.10. The molecular weight excluding hydrogens is 405 g/mol. The van der Waals surface area contributed by atoms with E-state index in [0.29, 0.717) is 34.5 Å². The quantitative estimate of drug-likeness (QED) is 0.741. The van der Waals surface area contributed by atoms with Crippen molar-refractivity contribution in [2.24, 2.45) is 5.41 Å². The number of carbonyl (C=O) groups excluding carboxylic acids is 1. The molecule has 0 aromatic carbocycles. The summed E-state index contributed by atoms with van der Waals surface area (Å²) in [7, 11) is -3.62. The van der Waals surface area contributed by atoms with Crippen molar-refractivity contribution in [2.75, 3.05) is 6.26 Å². The van der Waals surface area contributed by atoms with Crippen LogP contribution in [0, 0.1) is 12.3 Å². The van der Waals surface area contributed by atoms with Crippen molar-refractivity contribution < 1.29 is 26.4 Å². The molecule has 0 radical (unpaired) electrons. The monoisotopic (exact) mass is 428 g/mol. The fraction of sp³-hybridized carbons (Fsp3) is 0.500. The second kappa shape index (κ2) is 6.97. The van der Waals surface area contributed by atoms with Gasteiger partial charge in [0.25, 0.3) is 0 Å². The highest BCUT2D eigenvalue weighted by Crippen LogP contribution is 2.40. The molecule has 3 rings (SSSR count). The van der Waals surface area contributed by atoms with E-state index in [-0.39, 0.29) is 23.7 Å². The Morgan fingerprint density at radius 2 is 1.90 bits per heavy atom. The third kappa shape index (κ3) is 4.39. The number of carbonyl (C=O) groups is 1. The van der Waals surface area contributed by atoms with Gasteiger partial charge >= 0.3 is 6.18 Å². The van der Waals surface area contributed by atoms with Crippen molar-refractivity contribution in [1.29, 1.82) is 0 Å². The highest BCUT2D eigenvalue weighted by molar-refractivity contribution is 7.90. The molecule has 29 heavy (non-hydrogen) atoms. The first-order valence-electron chi connectivity index (χ1n) is 9.14. The number of rotatable bonds is 4. The average molecular weight is 428 g/mol. The summed E-state index contributed by atoms with van der Waals surface area (Å²) in [5.41, 5.74) is 1.38. The fourth-order valence-corrected chi connectivity index (χ4v) is 4.97. The Morgan fingerprint density at radius 1 is 1.24 bits per heavy atom. The first kappa shape index (κ1) is 21.5. The maximum absolute atomic E-state index is 13.2. The normalized spacial score (nSPS) is 16.7. The topological polar surface area (TPSA) is 69.0 Å². The highest BCUT2D eigenvalue weighted by atomic mass is 32.2. The lowest BCUT2D eigenvalue weighted by Gasteiger charge is -2.30. The van der Waals surface area contributed by atoms with Crippen molar-refractivity contribution >= 4 is 15.6 Å². The first-order valence-corrected chi connectivity index (χ1v) is 11.0. The number of hydrogen-bond donors (Lipinski definition) is 0. The van der Waals surface area contributed by atoms with Crippen molar-refractivity contribution in [3.8, 4) is 0 Å². The molecule has 9 heteroatoms. The van der Waals surface area contributed by atoms with Gasteiger partial charge in [-0.2, -0.15) is 13.2 Å². The van der Waals surface area contributed by atoms with E-state index in [9.17, 15) is 26.4 Å². The van der Waals surface area contributed by atoms with E-state index in [2.05, 4.69) is 4.98 Å². The number of fused-ring (bicyclic) bond motifs is 1. The Morgan fingerprint density at radius 3 is 2.48 bits per heavy atom. The van der Waals surface area contributed by atoms with E-state index in [4.69, 9.17) is 0 Å². The summed E-state index contributed by atoms with van der Waals surface area (Å²) in [6, 6.07) is 3.15. The zero-order chi connectivity index (χ0) is 21.8. The zero-order valence-electron chi connectivity index (χ0n) is 16.7. The second-order valence-electron chi connectivity index (χ2n) is 8.44. The van der Waals surface area contributed by atoms with Gasteiger partial charge in [-0.1, -0.05) is 19.9 Å². The van der Waals surface area contributed by atoms with Crippen LogP contribution in [-0.2, 0) is 29.2 Å².